The van der Waals surface area contributed by atoms with Crippen molar-refractivity contribution in [1.29, 1.82) is 0 Å². The van der Waals surface area contributed by atoms with Crippen LogP contribution in [0.25, 0.3) is 11.0 Å². The summed E-state index contributed by atoms with van der Waals surface area (Å²) in [7, 11) is 0. The SMILES string of the molecule is CC12CCC(C1)C(C)(C)C2Nc1nccc2occc12. The van der Waals surface area contributed by atoms with Crippen LogP contribution in [-0.2, 0) is 0 Å². The molecule has 0 amide bonds. The first kappa shape index (κ1) is 12.2. The predicted molar refractivity (Wildman–Crippen MR) is 80.6 cm³/mol. The van der Waals surface area contributed by atoms with Gasteiger partial charge in [0.05, 0.1) is 11.6 Å². The van der Waals surface area contributed by atoms with Gasteiger partial charge in [0.1, 0.15) is 11.4 Å². The van der Waals surface area contributed by atoms with Gasteiger partial charge in [0.15, 0.2) is 0 Å². The van der Waals surface area contributed by atoms with Gasteiger partial charge in [-0.3, -0.25) is 0 Å². The number of anilines is 1. The van der Waals surface area contributed by atoms with Gasteiger partial charge in [0.25, 0.3) is 0 Å². The van der Waals surface area contributed by atoms with Crippen molar-refractivity contribution in [3.8, 4) is 0 Å². The number of hydrogen-bond donors (Lipinski definition) is 1. The standard InChI is InChI=1S/C17H22N2O/c1-16(2)11-4-7-17(3,10-11)15(16)19-14-12-6-9-20-13(12)5-8-18-14/h5-6,8-9,11,15H,4,7,10H2,1-3H3,(H,18,19). The Hall–Kier alpha value is -1.51. The van der Waals surface area contributed by atoms with E-state index in [1.165, 1.54) is 19.3 Å². The smallest absolute Gasteiger partial charge is 0.139 e. The lowest BCUT2D eigenvalue weighted by atomic mass is 9.68. The maximum atomic E-state index is 5.48. The topological polar surface area (TPSA) is 38.1 Å². The molecule has 4 rings (SSSR count). The molecule has 0 saturated heterocycles. The summed E-state index contributed by atoms with van der Waals surface area (Å²) in [5.74, 6) is 1.82. The van der Waals surface area contributed by atoms with E-state index in [4.69, 9.17) is 4.42 Å². The monoisotopic (exact) mass is 270 g/mol. The summed E-state index contributed by atoms with van der Waals surface area (Å²) in [6, 6.07) is 4.42. The number of fused-ring (bicyclic) bond motifs is 3. The zero-order valence-corrected chi connectivity index (χ0v) is 12.4. The minimum atomic E-state index is 0.334. The number of nitrogens with zero attached hydrogens (tertiary/aromatic N) is 1. The molecule has 3 unspecified atom stereocenters. The Morgan fingerprint density at radius 1 is 1.30 bits per heavy atom. The van der Waals surface area contributed by atoms with Crippen LogP contribution in [0.1, 0.15) is 40.0 Å². The lowest BCUT2D eigenvalue weighted by Gasteiger charge is -2.43. The third-order valence-electron chi connectivity index (χ3n) is 5.93. The fraction of sp³-hybridized carbons (Fsp3) is 0.588. The molecule has 2 bridgehead atoms. The molecule has 0 aliphatic heterocycles. The average Bonchev–Trinajstić information content (AvgIpc) is 3.05. The van der Waals surface area contributed by atoms with Gasteiger partial charge in [-0.05, 0) is 48.1 Å². The fourth-order valence-electron chi connectivity index (χ4n) is 4.81. The molecule has 3 atom stereocenters. The molecular formula is C17H22N2O. The Morgan fingerprint density at radius 3 is 2.90 bits per heavy atom. The third kappa shape index (κ3) is 1.49. The summed E-state index contributed by atoms with van der Waals surface area (Å²) in [5.41, 5.74) is 1.65. The van der Waals surface area contributed by atoms with Crippen LogP contribution in [0.5, 0.6) is 0 Å². The van der Waals surface area contributed by atoms with E-state index >= 15 is 0 Å². The number of aromatic nitrogens is 1. The maximum Gasteiger partial charge on any atom is 0.139 e. The van der Waals surface area contributed by atoms with Crippen molar-refractivity contribution in [1.82, 2.24) is 4.98 Å². The van der Waals surface area contributed by atoms with E-state index in [0.717, 1.165) is 22.7 Å². The summed E-state index contributed by atoms with van der Waals surface area (Å²) < 4.78 is 5.48. The first-order chi connectivity index (χ1) is 9.51. The lowest BCUT2D eigenvalue weighted by Crippen LogP contribution is -2.46. The second-order valence-corrected chi connectivity index (χ2v) is 7.48. The zero-order valence-electron chi connectivity index (χ0n) is 12.4. The highest BCUT2D eigenvalue weighted by Gasteiger charge is 2.59. The molecule has 2 aliphatic carbocycles. The normalized spacial score (nSPS) is 34.8. The van der Waals surface area contributed by atoms with Gasteiger partial charge in [-0.25, -0.2) is 4.98 Å². The summed E-state index contributed by atoms with van der Waals surface area (Å²) in [5, 5.41) is 4.85. The van der Waals surface area contributed by atoms with Gasteiger partial charge in [0, 0.05) is 12.2 Å². The molecular weight excluding hydrogens is 248 g/mol. The summed E-state index contributed by atoms with van der Waals surface area (Å²) in [6.45, 7) is 7.26. The van der Waals surface area contributed by atoms with E-state index < -0.39 is 0 Å². The number of nitrogens with one attached hydrogen (secondary N) is 1. The lowest BCUT2D eigenvalue weighted by molar-refractivity contribution is 0.155. The van der Waals surface area contributed by atoms with E-state index in [1.54, 1.807) is 6.26 Å². The van der Waals surface area contributed by atoms with Crippen LogP contribution >= 0.6 is 0 Å². The van der Waals surface area contributed by atoms with Crippen molar-refractivity contribution in [2.24, 2.45) is 16.7 Å². The average molecular weight is 270 g/mol. The van der Waals surface area contributed by atoms with Crippen molar-refractivity contribution in [2.45, 2.75) is 46.1 Å². The Morgan fingerprint density at radius 2 is 2.15 bits per heavy atom. The van der Waals surface area contributed by atoms with Gasteiger partial charge >= 0.3 is 0 Å². The summed E-state index contributed by atoms with van der Waals surface area (Å²) in [6.07, 6.45) is 7.63. The highest BCUT2D eigenvalue weighted by Crippen LogP contribution is 2.63. The molecule has 2 fully saturated rings. The number of rotatable bonds is 2. The molecule has 2 aliphatic rings. The Balaban J connectivity index is 1.74. The molecule has 2 aromatic rings. The summed E-state index contributed by atoms with van der Waals surface area (Å²) in [4.78, 5) is 4.55. The van der Waals surface area contributed by atoms with Crippen LogP contribution in [0.15, 0.2) is 29.0 Å². The highest BCUT2D eigenvalue weighted by molar-refractivity contribution is 5.88. The van der Waals surface area contributed by atoms with E-state index in [2.05, 4.69) is 31.1 Å². The second-order valence-electron chi connectivity index (χ2n) is 7.48. The van der Waals surface area contributed by atoms with Gasteiger partial charge in [-0.1, -0.05) is 20.8 Å². The number of hydrogen-bond acceptors (Lipinski definition) is 3. The van der Waals surface area contributed by atoms with Crippen LogP contribution in [0.3, 0.4) is 0 Å². The molecule has 3 nitrogen and oxygen atoms in total. The molecule has 20 heavy (non-hydrogen) atoms. The van der Waals surface area contributed by atoms with E-state index in [0.29, 0.717) is 16.9 Å². The van der Waals surface area contributed by atoms with Crippen LogP contribution in [0.4, 0.5) is 5.82 Å². The van der Waals surface area contributed by atoms with Crippen molar-refractivity contribution in [2.75, 3.05) is 5.32 Å². The molecule has 2 aromatic heterocycles. The zero-order chi connectivity index (χ0) is 14.0. The van der Waals surface area contributed by atoms with E-state index in [-0.39, 0.29) is 0 Å². The molecule has 2 heterocycles. The number of furan rings is 1. The van der Waals surface area contributed by atoms with Gasteiger partial charge in [-0.2, -0.15) is 0 Å². The van der Waals surface area contributed by atoms with Crippen molar-refractivity contribution in [3.05, 3.63) is 24.6 Å². The van der Waals surface area contributed by atoms with Crippen LogP contribution < -0.4 is 5.32 Å². The largest absolute Gasteiger partial charge is 0.464 e. The van der Waals surface area contributed by atoms with Gasteiger partial charge in [0.2, 0.25) is 0 Å². The third-order valence-corrected chi connectivity index (χ3v) is 5.93. The minimum Gasteiger partial charge on any atom is -0.464 e. The fourth-order valence-corrected chi connectivity index (χ4v) is 4.81. The van der Waals surface area contributed by atoms with Gasteiger partial charge < -0.3 is 9.73 Å². The van der Waals surface area contributed by atoms with Crippen LogP contribution in [0, 0.1) is 16.7 Å². The minimum absolute atomic E-state index is 0.334. The molecule has 2 saturated carbocycles. The second kappa shape index (κ2) is 3.78. The van der Waals surface area contributed by atoms with Crippen molar-refractivity contribution < 1.29 is 4.42 Å². The van der Waals surface area contributed by atoms with Crippen LogP contribution in [-0.4, -0.2) is 11.0 Å². The Labute approximate surface area is 119 Å². The molecule has 106 valence electrons. The van der Waals surface area contributed by atoms with Crippen molar-refractivity contribution >= 4 is 16.8 Å². The molecule has 0 radical (unpaired) electrons. The first-order valence-corrected chi connectivity index (χ1v) is 7.59. The molecule has 0 aromatic carbocycles. The van der Waals surface area contributed by atoms with Crippen LogP contribution in [0.2, 0.25) is 0 Å². The Kier molecular flexibility index (Phi) is 2.31. The molecule has 1 N–H and O–H groups in total. The van der Waals surface area contributed by atoms with Gasteiger partial charge in [-0.15, -0.1) is 0 Å². The van der Waals surface area contributed by atoms with E-state index in [9.17, 15) is 0 Å². The van der Waals surface area contributed by atoms with E-state index in [1.807, 2.05) is 18.3 Å². The first-order valence-electron chi connectivity index (χ1n) is 7.59. The van der Waals surface area contributed by atoms with Crippen molar-refractivity contribution in [3.63, 3.8) is 0 Å². The predicted octanol–water partition coefficient (Wildman–Crippen LogP) is 4.45. The maximum absolute atomic E-state index is 5.48. The highest BCUT2D eigenvalue weighted by atomic mass is 16.3. The molecule has 3 heteroatoms. The molecule has 0 spiro atoms. The number of pyridine rings is 1. The summed E-state index contributed by atoms with van der Waals surface area (Å²) >= 11 is 0. The quantitative estimate of drug-likeness (QED) is 0.875. The Bertz CT molecular complexity index is 655.